The molecule has 136 valence electrons. The third-order valence-electron chi connectivity index (χ3n) is 4.56. The first kappa shape index (κ1) is 18.1. The number of nitrogens with one attached hydrogen (secondary N) is 1. The van der Waals surface area contributed by atoms with Crippen molar-refractivity contribution >= 4 is 34.7 Å². The van der Waals surface area contributed by atoms with Crippen molar-refractivity contribution < 1.29 is 23.7 Å². The Bertz CT molecular complexity index is 655. The minimum Gasteiger partial charge on any atom is -0.379 e. The van der Waals surface area contributed by atoms with Crippen LogP contribution in [0.3, 0.4) is 0 Å². The molecule has 0 aromatic rings. The molecule has 3 aliphatic heterocycles. The number of ether oxygens (including phenoxy) is 1. The van der Waals surface area contributed by atoms with Crippen molar-refractivity contribution in [3.8, 4) is 0 Å². The van der Waals surface area contributed by atoms with E-state index in [9.17, 15) is 14.4 Å². The highest BCUT2D eigenvalue weighted by atomic mass is 32.2. The van der Waals surface area contributed by atoms with E-state index in [4.69, 9.17) is 4.74 Å². The third-order valence-corrected chi connectivity index (χ3v) is 5.84. The van der Waals surface area contributed by atoms with Crippen LogP contribution in [0.5, 0.6) is 0 Å². The number of hydrogen-bond donors (Lipinski definition) is 1. The van der Waals surface area contributed by atoms with Crippen LogP contribution in [-0.2, 0) is 14.3 Å². The van der Waals surface area contributed by atoms with Gasteiger partial charge in [0.05, 0.1) is 32.2 Å². The number of amides is 4. The van der Waals surface area contributed by atoms with Gasteiger partial charge in [-0.2, -0.15) is 14.3 Å². The molecule has 1 atom stereocenters. The van der Waals surface area contributed by atoms with Gasteiger partial charge in [-0.05, 0) is 30.8 Å². The molecule has 0 aromatic heterocycles. The van der Waals surface area contributed by atoms with Gasteiger partial charge in [-0.15, -0.1) is 0 Å². The molecule has 3 heterocycles. The molecule has 4 amide bonds. The molecule has 0 saturated carbocycles. The molecule has 1 fully saturated rings. The Labute approximate surface area is 150 Å². The normalized spacial score (nSPS) is 24.5. The van der Waals surface area contributed by atoms with Crippen LogP contribution in [-0.4, -0.2) is 90.8 Å². The topological polar surface area (TPSA) is 82.0 Å². The van der Waals surface area contributed by atoms with Gasteiger partial charge in [-0.25, -0.2) is 4.79 Å². The molecule has 1 saturated heterocycles. The van der Waals surface area contributed by atoms with Crippen LogP contribution in [0.4, 0.5) is 4.79 Å². The number of thioether (sulfide) groups is 1. The average molecular weight is 367 g/mol. The minimum absolute atomic E-state index is 0.190. The van der Waals surface area contributed by atoms with Gasteiger partial charge in [0.25, 0.3) is 5.91 Å². The Morgan fingerprint density at radius 2 is 2.12 bits per heavy atom. The second kappa shape index (κ2) is 7.67. The fourth-order valence-electron chi connectivity index (χ4n) is 3.05. The number of hydrogen-bond acceptors (Lipinski definition) is 6. The summed E-state index contributed by atoms with van der Waals surface area (Å²) in [6.45, 7) is 4.91. The summed E-state index contributed by atoms with van der Waals surface area (Å²) in [6.07, 6.45) is 2.52. The summed E-state index contributed by atoms with van der Waals surface area (Å²) >= 11 is 1.20. The number of imide groups is 1. The van der Waals surface area contributed by atoms with Crippen molar-refractivity contribution in [2.75, 3.05) is 53.5 Å². The van der Waals surface area contributed by atoms with Gasteiger partial charge < -0.3 is 10.1 Å². The first-order valence-electron chi connectivity index (χ1n) is 8.39. The van der Waals surface area contributed by atoms with Gasteiger partial charge in [0.2, 0.25) is 0 Å². The van der Waals surface area contributed by atoms with Crippen LogP contribution in [0.1, 0.15) is 6.42 Å². The van der Waals surface area contributed by atoms with Gasteiger partial charge in [-0.3, -0.25) is 9.69 Å². The second-order valence-electron chi connectivity index (χ2n) is 6.25. The monoisotopic (exact) mass is 367 g/mol. The van der Waals surface area contributed by atoms with Gasteiger partial charge in [0, 0.05) is 19.6 Å². The summed E-state index contributed by atoms with van der Waals surface area (Å²) in [7, 11) is 3.08. The predicted octanol–water partition coefficient (Wildman–Crippen LogP) is -0.295. The van der Waals surface area contributed by atoms with Crippen LogP contribution in [0.2, 0.25) is 0 Å². The highest BCUT2D eigenvalue weighted by Crippen LogP contribution is 2.35. The molecule has 0 bridgehead atoms. The van der Waals surface area contributed by atoms with Gasteiger partial charge in [-0.1, -0.05) is 0 Å². The maximum Gasteiger partial charge on any atom is 0.500 e. The summed E-state index contributed by atoms with van der Waals surface area (Å²) in [5.41, 5.74) is 0. The number of urea groups is 1. The number of carbonyl (C=O) groups excluding carboxylic acids is 3. The summed E-state index contributed by atoms with van der Waals surface area (Å²) in [6, 6.07) is -0.371. The third kappa shape index (κ3) is 3.78. The number of nitrogens with zero attached hydrogens (tertiary/aromatic N) is 3. The Balaban J connectivity index is 1.52. The summed E-state index contributed by atoms with van der Waals surface area (Å²) in [4.78, 5) is 40.4. The van der Waals surface area contributed by atoms with Crippen molar-refractivity contribution in [2.45, 2.75) is 6.42 Å². The van der Waals surface area contributed by atoms with E-state index >= 15 is 0 Å². The zero-order chi connectivity index (χ0) is 18.0. The average Bonchev–Trinajstić information content (AvgIpc) is 3.08. The van der Waals surface area contributed by atoms with Crippen molar-refractivity contribution in [1.29, 1.82) is 0 Å². The zero-order valence-corrected chi connectivity index (χ0v) is 15.3. The number of fused-ring (bicyclic) bond motifs is 1. The summed E-state index contributed by atoms with van der Waals surface area (Å²) < 4.78 is 6.74. The molecule has 0 aromatic carbocycles. The van der Waals surface area contributed by atoms with Gasteiger partial charge in [0.15, 0.2) is 5.04 Å². The highest BCUT2D eigenvalue weighted by Gasteiger charge is 2.48. The molecule has 1 N–H and O–H groups in total. The van der Waals surface area contributed by atoms with Crippen LogP contribution in [0.25, 0.3) is 0 Å². The van der Waals surface area contributed by atoms with Crippen molar-refractivity contribution in [1.82, 2.24) is 15.1 Å². The van der Waals surface area contributed by atoms with E-state index in [0.29, 0.717) is 16.5 Å². The van der Waals surface area contributed by atoms with Crippen molar-refractivity contribution in [3.05, 3.63) is 11.0 Å². The zero-order valence-electron chi connectivity index (χ0n) is 14.5. The van der Waals surface area contributed by atoms with E-state index in [1.807, 2.05) is 0 Å². The largest absolute Gasteiger partial charge is 0.500 e. The van der Waals surface area contributed by atoms with Gasteiger partial charge in [0.1, 0.15) is 5.92 Å². The van der Waals surface area contributed by atoms with E-state index in [-0.39, 0.29) is 17.8 Å². The Morgan fingerprint density at radius 1 is 1.40 bits per heavy atom. The lowest BCUT2D eigenvalue weighted by atomic mass is 10.1. The lowest BCUT2D eigenvalue weighted by Gasteiger charge is -2.26. The molecule has 8 nitrogen and oxygen atoms in total. The summed E-state index contributed by atoms with van der Waals surface area (Å²) in [5, 5.41) is 3.50. The number of rotatable bonds is 5. The fraction of sp³-hybridized carbons (Fsp3) is 0.625. The highest BCUT2D eigenvalue weighted by molar-refractivity contribution is 8.18. The summed E-state index contributed by atoms with van der Waals surface area (Å²) in [5.74, 6) is -1.02. The Kier molecular flexibility index (Phi) is 5.55. The first-order valence-corrected chi connectivity index (χ1v) is 9.20. The lowest BCUT2D eigenvalue weighted by Crippen LogP contribution is -2.49. The molecule has 0 radical (unpaired) electrons. The van der Waals surface area contributed by atoms with Gasteiger partial charge >= 0.3 is 11.9 Å². The predicted molar refractivity (Wildman–Crippen MR) is 93.4 cm³/mol. The van der Waals surface area contributed by atoms with Crippen molar-refractivity contribution in [2.24, 2.45) is 5.92 Å². The van der Waals surface area contributed by atoms with E-state index in [0.717, 1.165) is 44.2 Å². The Morgan fingerprint density at radius 3 is 2.84 bits per heavy atom. The van der Waals surface area contributed by atoms with E-state index < -0.39 is 5.92 Å². The fourth-order valence-corrected chi connectivity index (χ4v) is 4.15. The molecule has 3 aliphatic rings. The molecule has 0 aliphatic carbocycles. The van der Waals surface area contributed by atoms with Crippen LogP contribution >= 0.6 is 11.8 Å². The molecule has 25 heavy (non-hydrogen) atoms. The van der Waals surface area contributed by atoms with Crippen LogP contribution in [0.15, 0.2) is 11.0 Å². The molecule has 1 unspecified atom stereocenters. The van der Waals surface area contributed by atoms with Crippen LogP contribution in [0, 0.1) is 5.92 Å². The van der Waals surface area contributed by atoms with E-state index in [1.54, 1.807) is 13.1 Å². The number of morpholine rings is 1. The molecular formula is C16H23N4O4S+. The van der Waals surface area contributed by atoms with E-state index in [1.165, 1.54) is 23.4 Å². The molecular weight excluding hydrogens is 344 g/mol. The SMILES string of the molecule is CN1C(=O)C2C=C(C(=O)NCCCN3CCOCC3)SC2=[N+](C)C1=O. The minimum atomic E-state index is -0.535. The lowest BCUT2D eigenvalue weighted by molar-refractivity contribution is -0.403. The standard InChI is InChI=1S/C16H22N4O4S/c1-18-14(22)11-10-12(25-15(11)19(2)16(18)23)13(21)17-4-3-5-20-6-8-24-9-7-20/h10-11H,3-9H2,1-2H3/p+1. The quantitative estimate of drug-likeness (QED) is 0.531. The molecule has 3 rings (SSSR count). The van der Waals surface area contributed by atoms with E-state index in [2.05, 4.69) is 10.2 Å². The van der Waals surface area contributed by atoms with Crippen molar-refractivity contribution in [3.63, 3.8) is 0 Å². The van der Waals surface area contributed by atoms with Crippen LogP contribution < -0.4 is 5.32 Å². The maximum atomic E-state index is 12.3. The Hall–Kier alpha value is -1.71. The second-order valence-corrected chi connectivity index (χ2v) is 7.31. The smallest absolute Gasteiger partial charge is 0.379 e. The first-order chi connectivity index (χ1) is 12.0. The number of carbonyl (C=O) groups is 3. The maximum absolute atomic E-state index is 12.3. The molecule has 0 spiro atoms. The molecule has 9 heteroatoms.